The van der Waals surface area contributed by atoms with Crippen molar-refractivity contribution < 1.29 is 38.4 Å². The van der Waals surface area contributed by atoms with Gasteiger partial charge in [0.05, 0.1) is 19.8 Å². The van der Waals surface area contributed by atoms with Crippen molar-refractivity contribution in [1.82, 2.24) is 0 Å². The summed E-state index contributed by atoms with van der Waals surface area (Å²) in [5, 5.41) is 10.6. The molecule has 0 spiro atoms. The van der Waals surface area contributed by atoms with Crippen LogP contribution in [0.25, 0.3) is 0 Å². The van der Waals surface area contributed by atoms with Gasteiger partial charge in [0.1, 0.15) is 23.7 Å². The second-order valence-corrected chi connectivity index (χ2v) is 8.03. The molecule has 0 unspecified atom stereocenters. The second kappa shape index (κ2) is 11.5. The van der Waals surface area contributed by atoms with Crippen LogP contribution in [0.5, 0.6) is 11.5 Å². The molecule has 0 amide bonds. The largest absolute Gasteiger partial charge is 0.507 e. The van der Waals surface area contributed by atoms with E-state index in [2.05, 4.69) is 0 Å². The van der Waals surface area contributed by atoms with Gasteiger partial charge >= 0.3 is 17.9 Å². The molecule has 0 radical (unpaired) electrons. The molecule has 176 valence electrons. The summed E-state index contributed by atoms with van der Waals surface area (Å²) in [6, 6.07) is 0. The Labute approximate surface area is 188 Å². The fourth-order valence-corrected chi connectivity index (χ4v) is 3.50. The fourth-order valence-electron chi connectivity index (χ4n) is 3.50. The van der Waals surface area contributed by atoms with Gasteiger partial charge in [-0.25, -0.2) is 4.79 Å². The highest BCUT2D eigenvalue weighted by molar-refractivity contribution is 5.98. The average molecular weight is 449 g/mol. The van der Waals surface area contributed by atoms with E-state index in [9.17, 15) is 19.5 Å². The van der Waals surface area contributed by atoms with Crippen molar-refractivity contribution in [2.75, 3.05) is 13.7 Å². The maximum Gasteiger partial charge on any atom is 0.342 e. The van der Waals surface area contributed by atoms with Gasteiger partial charge in [-0.05, 0) is 52.5 Å². The monoisotopic (exact) mass is 448 g/mol. The van der Waals surface area contributed by atoms with Gasteiger partial charge < -0.3 is 24.1 Å². The van der Waals surface area contributed by atoms with Crippen LogP contribution >= 0.6 is 0 Å². The lowest BCUT2D eigenvalue weighted by Gasteiger charge is -2.15. The zero-order chi connectivity index (χ0) is 23.8. The van der Waals surface area contributed by atoms with Crippen LogP contribution in [0.2, 0.25) is 0 Å². The SMILES string of the molecule is COc1c(C)c2c(c(O)c1C/C=C(\C)CCC(=O)OCCCC(=O)OC(C)C)C(=O)OC2. The van der Waals surface area contributed by atoms with E-state index >= 15 is 0 Å². The summed E-state index contributed by atoms with van der Waals surface area (Å²) >= 11 is 0. The van der Waals surface area contributed by atoms with E-state index in [0.717, 1.165) is 11.1 Å². The van der Waals surface area contributed by atoms with Gasteiger partial charge in [0.25, 0.3) is 0 Å². The molecular formula is C24H32O8. The van der Waals surface area contributed by atoms with Crippen LogP contribution < -0.4 is 4.74 Å². The summed E-state index contributed by atoms with van der Waals surface area (Å²) in [7, 11) is 1.52. The summed E-state index contributed by atoms with van der Waals surface area (Å²) in [5.74, 6) is -0.774. The van der Waals surface area contributed by atoms with E-state index in [1.807, 2.05) is 19.9 Å². The molecule has 0 fully saturated rings. The number of fused-ring (bicyclic) bond motifs is 1. The smallest absolute Gasteiger partial charge is 0.342 e. The predicted octanol–water partition coefficient (Wildman–Crippen LogP) is 3.92. The van der Waals surface area contributed by atoms with Crippen molar-refractivity contribution in [3.8, 4) is 11.5 Å². The molecule has 0 aromatic heterocycles. The number of methoxy groups -OCH3 is 1. The zero-order valence-corrected chi connectivity index (χ0v) is 19.4. The van der Waals surface area contributed by atoms with Gasteiger partial charge in [0.15, 0.2) is 0 Å². The van der Waals surface area contributed by atoms with Crippen molar-refractivity contribution in [3.05, 3.63) is 33.9 Å². The number of hydrogen-bond donors (Lipinski definition) is 1. The number of carbonyl (C=O) groups is 3. The molecule has 1 aliphatic rings. The Bertz CT molecular complexity index is 898. The first-order valence-corrected chi connectivity index (χ1v) is 10.7. The third-order valence-electron chi connectivity index (χ3n) is 5.18. The first-order valence-electron chi connectivity index (χ1n) is 10.7. The molecule has 1 N–H and O–H groups in total. The van der Waals surface area contributed by atoms with Crippen molar-refractivity contribution in [2.24, 2.45) is 0 Å². The molecule has 1 aromatic carbocycles. The highest BCUT2D eigenvalue weighted by Crippen LogP contribution is 2.42. The summed E-state index contributed by atoms with van der Waals surface area (Å²) in [5.41, 5.74) is 3.06. The summed E-state index contributed by atoms with van der Waals surface area (Å²) in [4.78, 5) is 35.4. The predicted molar refractivity (Wildman–Crippen MR) is 117 cm³/mol. The minimum absolute atomic E-state index is 0.121. The minimum Gasteiger partial charge on any atom is -0.507 e. The van der Waals surface area contributed by atoms with Gasteiger partial charge in [-0.3, -0.25) is 9.59 Å². The van der Waals surface area contributed by atoms with Crippen LogP contribution in [0.1, 0.15) is 73.5 Å². The summed E-state index contributed by atoms with van der Waals surface area (Å²) in [6.45, 7) is 7.57. The molecule has 8 heteroatoms. The maximum atomic E-state index is 12.0. The Morgan fingerprint density at radius 2 is 1.91 bits per heavy atom. The molecule has 0 atom stereocenters. The normalized spacial score (nSPS) is 13.1. The molecule has 8 nitrogen and oxygen atoms in total. The van der Waals surface area contributed by atoms with Crippen molar-refractivity contribution in [3.63, 3.8) is 0 Å². The molecule has 0 saturated carbocycles. The second-order valence-electron chi connectivity index (χ2n) is 8.03. The first kappa shape index (κ1) is 25.2. The van der Waals surface area contributed by atoms with Crippen LogP contribution in [-0.2, 0) is 36.8 Å². The number of esters is 3. The van der Waals surface area contributed by atoms with E-state index in [-0.39, 0.29) is 55.4 Å². The van der Waals surface area contributed by atoms with Crippen molar-refractivity contribution in [1.29, 1.82) is 0 Å². The Hall–Kier alpha value is -3.03. The van der Waals surface area contributed by atoms with E-state index in [1.165, 1.54) is 7.11 Å². The lowest BCUT2D eigenvalue weighted by atomic mass is 9.94. The Kier molecular flexibility index (Phi) is 9.11. The van der Waals surface area contributed by atoms with Crippen LogP contribution in [0.15, 0.2) is 11.6 Å². The Morgan fingerprint density at radius 1 is 1.19 bits per heavy atom. The zero-order valence-electron chi connectivity index (χ0n) is 19.4. The number of rotatable bonds is 11. The topological polar surface area (TPSA) is 108 Å². The van der Waals surface area contributed by atoms with Gasteiger partial charge in [-0.1, -0.05) is 11.6 Å². The molecule has 2 rings (SSSR count). The Morgan fingerprint density at radius 3 is 2.56 bits per heavy atom. The molecule has 1 aromatic rings. The van der Waals surface area contributed by atoms with E-state index in [1.54, 1.807) is 13.8 Å². The molecule has 1 heterocycles. The van der Waals surface area contributed by atoms with Gasteiger partial charge in [0, 0.05) is 24.0 Å². The van der Waals surface area contributed by atoms with Crippen molar-refractivity contribution >= 4 is 17.9 Å². The molecule has 0 aliphatic carbocycles. The van der Waals surface area contributed by atoms with E-state index < -0.39 is 5.97 Å². The molecular weight excluding hydrogens is 416 g/mol. The molecule has 0 saturated heterocycles. The highest BCUT2D eigenvalue weighted by atomic mass is 16.5. The number of ether oxygens (including phenoxy) is 4. The van der Waals surface area contributed by atoms with E-state index in [4.69, 9.17) is 18.9 Å². The van der Waals surface area contributed by atoms with Crippen LogP contribution in [0, 0.1) is 6.92 Å². The number of allylic oxidation sites excluding steroid dienone is 2. The highest BCUT2D eigenvalue weighted by Gasteiger charge is 2.31. The first-order chi connectivity index (χ1) is 15.1. The number of cyclic esters (lactones) is 1. The fraction of sp³-hybridized carbons (Fsp3) is 0.542. The van der Waals surface area contributed by atoms with Gasteiger partial charge in [-0.2, -0.15) is 0 Å². The number of hydrogen-bond acceptors (Lipinski definition) is 8. The molecule has 32 heavy (non-hydrogen) atoms. The minimum atomic E-state index is -0.537. The number of aromatic hydroxyl groups is 1. The summed E-state index contributed by atoms with van der Waals surface area (Å²) in [6.07, 6.45) is 3.40. The summed E-state index contributed by atoms with van der Waals surface area (Å²) < 4.78 is 20.7. The van der Waals surface area contributed by atoms with Crippen LogP contribution in [0.3, 0.4) is 0 Å². The third-order valence-corrected chi connectivity index (χ3v) is 5.18. The lowest BCUT2D eigenvalue weighted by Crippen LogP contribution is -2.13. The van der Waals surface area contributed by atoms with Crippen LogP contribution in [-0.4, -0.2) is 42.8 Å². The molecule has 1 aliphatic heterocycles. The van der Waals surface area contributed by atoms with Crippen molar-refractivity contribution in [2.45, 2.75) is 72.5 Å². The number of carbonyl (C=O) groups excluding carboxylic acids is 3. The number of phenols is 1. The van der Waals surface area contributed by atoms with Gasteiger partial charge in [-0.15, -0.1) is 0 Å². The van der Waals surface area contributed by atoms with Crippen LogP contribution in [0.4, 0.5) is 0 Å². The Balaban J connectivity index is 1.88. The lowest BCUT2D eigenvalue weighted by molar-refractivity contribution is -0.150. The molecule has 0 bridgehead atoms. The standard InChI is InChI=1S/C24H32O8/c1-14(2)32-20(26)7-6-12-30-19(25)11-9-15(3)8-10-17-22(27)21-18(13-31-24(21)28)16(4)23(17)29-5/h8,14,27H,6-7,9-13H2,1-5H3/b15-8+. The number of benzene rings is 1. The average Bonchev–Trinajstić information content (AvgIpc) is 3.12. The number of phenolic OH excluding ortho intramolecular Hbond substituents is 1. The quantitative estimate of drug-likeness (QED) is 0.235. The van der Waals surface area contributed by atoms with E-state index in [0.29, 0.717) is 36.1 Å². The maximum absolute atomic E-state index is 12.0. The van der Waals surface area contributed by atoms with Gasteiger partial charge in [0.2, 0.25) is 0 Å². The third kappa shape index (κ3) is 6.48.